The van der Waals surface area contributed by atoms with E-state index in [2.05, 4.69) is 35.7 Å². The second-order valence-corrected chi connectivity index (χ2v) is 9.14. The van der Waals surface area contributed by atoms with E-state index in [4.69, 9.17) is 14.2 Å². The monoisotopic (exact) mass is 567 g/mol. The molecule has 1 amide bonds. The molecule has 0 bridgehead atoms. The summed E-state index contributed by atoms with van der Waals surface area (Å²) >= 11 is 0. The molecular weight excluding hydrogens is 533 g/mol. The number of nitrogens with one attached hydrogen (secondary N) is 3. The average molecular weight is 568 g/mol. The maximum atomic E-state index is 13.4. The summed E-state index contributed by atoms with van der Waals surface area (Å²) in [4.78, 5) is 23.2. The Morgan fingerprint density at radius 3 is 2.73 bits per heavy atom. The lowest BCUT2D eigenvalue weighted by Gasteiger charge is -2.21. The van der Waals surface area contributed by atoms with Crippen molar-refractivity contribution in [3.63, 3.8) is 0 Å². The molecule has 2 heterocycles. The van der Waals surface area contributed by atoms with Crippen LogP contribution in [0.15, 0.2) is 48.8 Å². The smallest absolute Gasteiger partial charge is 0.230 e. The zero-order valence-electron chi connectivity index (χ0n) is 23.0. The van der Waals surface area contributed by atoms with Gasteiger partial charge in [-0.15, -0.1) is 0 Å². The summed E-state index contributed by atoms with van der Waals surface area (Å²) in [5.41, 5.74) is 1.58. The number of aromatic amines is 1. The Morgan fingerprint density at radius 1 is 1.07 bits per heavy atom. The largest absolute Gasteiger partial charge is 0.493 e. The van der Waals surface area contributed by atoms with Crippen LogP contribution in [0.25, 0.3) is 10.9 Å². The van der Waals surface area contributed by atoms with Crippen molar-refractivity contribution in [1.29, 1.82) is 0 Å². The summed E-state index contributed by atoms with van der Waals surface area (Å²) in [6.07, 6.45) is 2.21. The number of amides is 1. The van der Waals surface area contributed by atoms with Gasteiger partial charge in [-0.05, 0) is 30.7 Å². The first-order chi connectivity index (χ1) is 20.0. The summed E-state index contributed by atoms with van der Waals surface area (Å²) in [6.45, 7) is 3.22. The SMILES string of the molecule is COCCN(CCO)CCCOc1cc2ncnc(Nc3cc(CC(=O)Nc4cccc(F)c4)[nH]n3)c2cc1OC. The molecule has 0 spiro atoms. The fourth-order valence-corrected chi connectivity index (χ4v) is 4.19. The third-order valence-corrected chi connectivity index (χ3v) is 6.16. The number of aliphatic hydroxyl groups excluding tert-OH is 1. The minimum absolute atomic E-state index is 0.0222. The molecule has 0 radical (unpaired) electrons. The molecule has 12 nitrogen and oxygen atoms in total. The van der Waals surface area contributed by atoms with Crippen molar-refractivity contribution in [3.8, 4) is 11.5 Å². The van der Waals surface area contributed by atoms with Crippen LogP contribution in [-0.2, 0) is 16.0 Å². The van der Waals surface area contributed by atoms with Crippen LogP contribution < -0.4 is 20.1 Å². The molecule has 2 aromatic carbocycles. The van der Waals surface area contributed by atoms with Crippen molar-refractivity contribution >= 4 is 34.1 Å². The number of halogens is 1. The quantitative estimate of drug-likeness (QED) is 0.149. The molecule has 4 N–H and O–H groups in total. The highest BCUT2D eigenvalue weighted by Crippen LogP contribution is 2.34. The van der Waals surface area contributed by atoms with Gasteiger partial charge in [0.2, 0.25) is 5.91 Å². The Bertz CT molecular complexity index is 1430. The van der Waals surface area contributed by atoms with Gasteiger partial charge in [0.25, 0.3) is 0 Å². The van der Waals surface area contributed by atoms with Gasteiger partial charge in [-0.1, -0.05) is 6.07 Å². The van der Waals surface area contributed by atoms with Crippen LogP contribution in [0.4, 0.5) is 21.7 Å². The van der Waals surface area contributed by atoms with Gasteiger partial charge in [0.05, 0.1) is 38.9 Å². The summed E-state index contributed by atoms with van der Waals surface area (Å²) < 4.78 is 30.1. The van der Waals surface area contributed by atoms with Crippen LogP contribution >= 0.6 is 0 Å². The van der Waals surface area contributed by atoms with E-state index in [-0.39, 0.29) is 18.9 Å². The second kappa shape index (κ2) is 14.9. The van der Waals surface area contributed by atoms with E-state index in [1.54, 1.807) is 38.5 Å². The van der Waals surface area contributed by atoms with Crippen LogP contribution in [0.1, 0.15) is 12.1 Å². The third-order valence-electron chi connectivity index (χ3n) is 6.16. The van der Waals surface area contributed by atoms with Crippen molar-refractivity contribution in [2.75, 3.05) is 64.3 Å². The molecule has 0 aliphatic rings. The van der Waals surface area contributed by atoms with Crippen LogP contribution in [0.5, 0.6) is 11.5 Å². The number of anilines is 3. The van der Waals surface area contributed by atoms with Gasteiger partial charge < -0.3 is 30.0 Å². The molecule has 0 saturated carbocycles. The molecule has 0 saturated heterocycles. The third kappa shape index (κ3) is 8.58. The number of methoxy groups -OCH3 is 2. The lowest BCUT2D eigenvalue weighted by atomic mass is 10.2. The Hall–Kier alpha value is -4.33. The van der Waals surface area contributed by atoms with E-state index in [1.165, 1.54) is 24.5 Å². The Kier molecular flexibility index (Phi) is 10.8. The molecule has 0 aliphatic carbocycles. The Morgan fingerprint density at radius 2 is 1.95 bits per heavy atom. The van der Waals surface area contributed by atoms with Gasteiger partial charge in [-0.3, -0.25) is 14.8 Å². The van der Waals surface area contributed by atoms with E-state index in [0.29, 0.717) is 65.2 Å². The first kappa shape index (κ1) is 29.6. The number of nitrogens with zero attached hydrogens (tertiary/aromatic N) is 4. The molecule has 4 aromatic rings. The maximum Gasteiger partial charge on any atom is 0.230 e. The van der Waals surface area contributed by atoms with Gasteiger partial charge >= 0.3 is 0 Å². The van der Waals surface area contributed by atoms with E-state index in [9.17, 15) is 14.3 Å². The zero-order valence-corrected chi connectivity index (χ0v) is 23.0. The number of carbonyl (C=O) groups excluding carboxylic acids is 1. The minimum atomic E-state index is -0.428. The molecule has 0 fully saturated rings. The molecule has 2 aromatic heterocycles. The number of hydrogen-bond donors (Lipinski definition) is 4. The van der Waals surface area contributed by atoms with Crippen LogP contribution in [-0.4, -0.2) is 89.8 Å². The fraction of sp³-hybridized carbons (Fsp3) is 0.357. The summed E-state index contributed by atoms with van der Waals surface area (Å²) in [5.74, 6) is 1.30. The number of aromatic nitrogens is 4. The molecule has 41 heavy (non-hydrogen) atoms. The van der Waals surface area contributed by atoms with Crippen molar-refractivity contribution in [2.24, 2.45) is 0 Å². The maximum absolute atomic E-state index is 13.4. The van der Waals surface area contributed by atoms with Gasteiger partial charge in [0.15, 0.2) is 17.3 Å². The molecule has 218 valence electrons. The highest BCUT2D eigenvalue weighted by Gasteiger charge is 2.14. The molecule has 4 rings (SSSR count). The van der Waals surface area contributed by atoms with Gasteiger partial charge in [0, 0.05) is 55.6 Å². The minimum Gasteiger partial charge on any atom is -0.493 e. The summed E-state index contributed by atoms with van der Waals surface area (Å²) in [5, 5.41) is 22.8. The highest BCUT2D eigenvalue weighted by molar-refractivity contribution is 5.93. The zero-order chi connectivity index (χ0) is 29.0. The van der Waals surface area contributed by atoms with E-state index in [1.807, 2.05) is 0 Å². The summed E-state index contributed by atoms with van der Waals surface area (Å²) in [7, 11) is 3.22. The van der Waals surface area contributed by atoms with E-state index < -0.39 is 5.82 Å². The lowest BCUT2D eigenvalue weighted by Crippen LogP contribution is -2.32. The second-order valence-electron chi connectivity index (χ2n) is 9.14. The standard InChI is InChI=1S/C28H34FN7O5/c1-39-12-9-36(8-10-37)7-4-11-41-25-17-23-22(16-24(25)40-2)28(31-18-30-23)33-26-14-21(34-35-26)15-27(38)32-20-6-3-5-19(29)13-20/h3,5-6,13-14,16-18,37H,4,7-12,15H2,1-2H3,(H,32,38)(H2,30,31,33,34,35). The first-order valence-electron chi connectivity index (χ1n) is 13.1. The fourth-order valence-electron chi connectivity index (χ4n) is 4.19. The van der Waals surface area contributed by atoms with Crippen LogP contribution in [0, 0.1) is 5.82 Å². The topological polar surface area (TPSA) is 147 Å². The van der Waals surface area contributed by atoms with Crippen LogP contribution in [0.3, 0.4) is 0 Å². The number of benzene rings is 2. The predicted octanol–water partition coefficient (Wildman–Crippen LogP) is 3.13. The highest BCUT2D eigenvalue weighted by atomic mass is 19.1. The number of H-pyrrole nitrogens is 1. The van der Waals surface area contributed by atoms with E-state index >= 15 is 0 Å². The van der Waals surface area contributed by atoms with Gasteiger partial charge in [0.1, 0.15) is 18.0 Å². The predicted molar refractivity (Wildman–Crippen MR) is 152 cm³/mol. The number of hydrogen-bond acceptors (Lipinski definition) is 10. The number of ether oxygens (including phenoxy) is 3. The molecule has 0 unspecified atom stereocenters. The number of fused-ring (bicyclic) bond motifs is 1. The normalized spacial score (nSPS) is 11.1. The average Bonchev–Trinajstić information content (AvgIpc) is 3.39. The van der Waals surface area contributed by atoms with E-state index in [0.717, 1.165) is 19.5 Å². The van der Waals surface area contributed by atoms with Gasteiger partial charge in [-0.25, -0.2) is 14.4 Å². The molecule has 0 atom stereocenters. The molecule has 13 heteroatoms. The Labute approximate surface area is 236 Å². The number of carbonyl (C=O) groups is 1. The first-order valence-corrected chi connectivity index (χ1v) is 13.1. The number of rotatable bonds is 16. The number of aliphatic hydroxyl groups is 1. The van der Waals surface area contributed by atoms with Gasteiger partial charge in [-0.2, -0.15) is 5.10 Å². The molecular formula is C28H34FN7O5. The molecule has 0 aliphatic heterocycles. The lowest BCUT2D eigenvalue weighted by molar-refractivity contribution is -0.115. The van der Waals surface area contributed by atoms with Crippen molar-refractivity contribution in [3.05, 3.63) is 60.3 Å². The van der Waals surface area contributed by atoms with Crippen molar-refractivity contribution in [2.45, 2.75) is 12.8 Å². The van der Waals surface area contributed by atoms with Crippen molar-refractivity contribution in [1.82, 2.24) is 25.1 Å². The Balaban J connectivity index is 1.39. The van der Waals surface area contributed by atoms with Crippen LogP contribution in [0.2, 0.25) is 0 Å². The summed E-state index contributed by atoms with van der Waals surface area (Å²) in [6, 6.07) is 11.0. The van der Waals surface area contributed by atoms with Crippen molar-refractivity contribution < 1.29 is 28.5 Å².